The average Bonchev–Trinajstić information content (AvgIpc) is 2.78. The van der Waals surface area contributed by atoms with E-state index in [0.29, 0.717) is 6.54 Å². The second-order valence-electron chi connectivity index (χ2n) is 4.85. The summed E-state index contributed by atoms with van der Waals surface area (Å²) in [5.74, 6) is -0.852. The Kier molecular flexibility index (Phi) is 4.35. The van der Waals surface area contributed by atoms with Gasteiger partial charge in [-0.3, -0.25) is 4.90 Å². The van der Waals surface area contributed by atoms with Crippen molar-refractivity contribution < 1.29 is 13.9 Å². The molecule has 18 heavy (non-hydrogen) atoms. The van der Waals surface area contributed by atoms with Gasteiger partial charge < -0.3 is 5.11 Å². The van der Waals surface area contributed by atoms with Crippen LogP contribution in [0, 0.1) is 17.6 Å². The van der Waals surface area contributed by atoms with Crippen molar-refractivity contribution in [2.75, 3.05) is 13.1 Å². The molecule has 2 atom stereocenters. The van der Waals surface area contributed by atoms with Crippen LogP contribution in [0.3, 0.4) is 0 Å². The number of hydrogen-bond donors (Lipinski definition) is 1. The first kappa shape index (κ1) is 13.9. The summed E-state index contributed by atoms with van der Waals surface area (Å²) in [4.78, 5) is 1.98. The standard InChI is InChI=1S/C13H16BrF2NO/c1-8(18)9-4-5-17(6-9)7-10-12(15)3-2-11(14)13(10)16/h2-3,8-9,18H,4-7H2,1H3. The largest absolute Gasteiger partial charge is 0.393 e. The molecule has 1 saturated heterocycles. The van der Waals surface area contributed by atoms with Gasteiger partial charge in [-0.05, 0) is 53.9 Å². The number of halogens is 3. The minimum Gasteiger partial charge on any atom is -0.393 e. The summed E-state index contributed by atoms with van der Waals surface area (Å²) in [5, 5.41) is 9.51. The van der Waals surface area contributed by atoms with Gasteiger partial charge in [0.25, 0.3) is 0 Å². The molecule has 1 aromatic carbocycles. The summed E-state index contributed by atoms with van der Waals surface area (Å²) in [5.41, 5.74) is 0.0932. The molecule has 1 aliphatic rings. The van der Waals surface area contributed by atoms with Crippen LogP contribution in [0.1, 0.15) is 18.9 Å². The molecule has 0 aliphatic carbocycles. The normalized spacial score (nSPS) is 22.4. The first-order valence-corrected chi connectivity index (χ1v) is 6.81. The lowest BCUT2D eigenvalue weighted by molar-refractivity contribution is 0.127. The second kappa shape index (κ2) is 5.63. The molecular formula is C13H16BrF2NO. The van der Waals surface area contributed by atoms with Crippen molar-refractivity contribution in [3.05, 3.63) is 33.8 Å². The van der Waals surface area contributed by atoms with Crippen LogP contribution in [-0.2, 0) is 6.54 Å². The number of aliphatic hydroxyl groups is 1. The van der Waals surface area contributed by atoms with Crippen molar-refractivity contribution in [3.63, 3.8) is 0 Å². The fourth-order valence-electron chi connectivity index (χ4n) is 2.34. The summed E-state index contributed by atoms with van der Waals surface area (Å²) < 4.78 is 27.7. The summed E-state index contributed by atoms with van der Waals surface area (Å²) in [6.45, 7) is 3.46. The van der Waals surface area contributed by atoms with E-state index in [1.807, 2.05) is 4.90 Å². The van der Waals surface area contributed by atoms with E-state index in [1.165, 1.54) is 12.1 Å². The summed E-state index contributed by atoms with van der Waals surface area (Å²) in [7, 11) is 0. The van der Waals surface area contributed by atoms with E-state index >= 15 is 0 Å². The molecule has 2 rings (SSSR count). The van der Waals surface area contributed by atoms with Gasteiger partial charge in [-0.1, -0.05) is 0 Å². The van der Waals surface area contributed by atoms with Gasteiger partial charge in [0.1, 0.15) is 11.6 Å². The highest BCUT2D eigenvalue weighted by Gasteiger charge is 2.27. The van der Waals surface area contributed by atoms with Crippen molar-refractivity contribution in [3.8, 4) is 0 Å². The first-order chi connectivity index (χ1) is 8.49. The molecular weight excluding hydrogens is 304 g/mol. The molecule has 0 aromatic heterocycles. The number of benzene rings is 1. The second-order valence-corrected chi connectivity index (χ2v) is 5.70. The number of nitrogens with zero attached hydrogens (tertiary/aromatic N) is 1. The van der Waals surface area contributed by atoms with Crippen LogP contribution in [-0.4, -0.2) is 29.2 Å². The number of aliphatic hydroxyl groups excluding tert-OH is 1. The summed E-state index contributed by atoms with van der Waals surface area (Å²) >= 11 is 3.06. The van der Waals surface area contributed by atoms with E-state index in [2.05, 4.69) is 15.9 Å². The maximum Gasteiger partial charge on any atom is 0.144 e. The van der Waals surface area contributed by atoms with E-state index in [4.69, 9.17) is 0 Å². The third kappa shape index (κ3) is 2.90. The Morgan fingerprint density at radius 3 is 2.83 bits per heavy atom. The zero-order valence-electron chi connectivity index (χ0n) is 10.2. The Morgan fingerprint density at radius 2 is 2.22 bits per heavy atom. The van der Waals surface area contributed by atoms with Crippen molar-refractivity contribution in [1.82, 2.24) is 4.90 Å². The molecule has 1 heterocycles. The molecule has 1 aliphatic heterocycles. The van der Waals surface area contributed by atoms with E-state index in [0.717, 1.165) is 13.0 Å². The van der Waals surface area contributed by atoms with Crippen LogP contribution < -0.4 is 0 Å². The minimum atomic E-state index is -0.532. The van der Waals surface area contributed by atoms with Crippen molar-refractivity contribution in [2.45, 2.75) is 26.0 Å². The Labute approximate surface area is 114 Å². The van der Waals surface area contributed by atoms with E-state index < -0.39 is 11.6 Å². The fraction of sp³-hybridized carbons (Fsp3) is 0.538. The number of rotatable bonds is 3. The van der Waals surface area contributed by atoms with E-state index in [1.54, 1.807) is 6.92 Å². The molecule has 1 N–H and O–H groups in total. The predicted octanol–water partition coefficient (Wildman–Crippen LogP) is 2.93. The Hall–Kier alpha value is -0.520. The van der Waals surface area contributed by atoms with Crippen LogP contribution >= 0.6 is 15.9 Å². The monoisotopic (exact) mass is 319 g/mol. The molecule has 2 nitrogen and oxygen atoms in total. The molecule has 1 aromatic rings. The van der Waals surface area contributed by atoms with Gasteiger partial charge in [-0.25, -0.2) is 8.78 Å². The third-order valence-corrected chi connectivity index (χ3v) is 4.12. The van der Waals surface area contributed by atoms with Gasteiger partial charge in [0.15, 0.2) is 0 Å². The van der Waals surface area contributed by atoms with E-state index in [-0.39, 0.29) is 28.6 Å². The van der Waals surface area contributed by atoms with Gasteiger partial charge in [-0.2, -0.15) is 0 Å². The molecule has 100 valence electrons. The fourth-order valence-corrected chi connectivity index (χ4v) is 2.71. The van der Waals surface area contributed by atoms with Crippen molar-refractivity contribution in [2.24, 2.45) is 5.92 Å². The maximum atomic E-state index is 13.8. The predicted molar refractivity (Wildman–Crippen MR) is 69.1 cm³/mol. The van der Waals surface area contributed by atoms with Crippen molar-refractivity contribution >= 4 is 15.9 Å². The molecule has 0 amide bonds. The zero-order valence-corrected chi connectivity index (χ0v) is 11.8. The van der Waals surface area contributed by atoms with Gasteiger partial charge in [-0.15, -0.1) is 0 Å². The lowest BCUT2D eigenvalue weighted by Gasteiger charge is -2.18. The minimum absolute atomic E-state index is 0.0932. The molecule has 0 bridgehead atoms. The highest BCUT2D eigenvalue weighted by atomic mass is 79.9. The SMILES string of the molecule is CC(O)C1CCN(Cc2c(F)ccc(Br)c2F)C1. The van der Waals surface area contributed by atoms with Gasteiger partial charge in [0.2, 0.25) is 0 Å². The highest BCUT2D eigenvalue weighted by molar-refractivity contribution is 9.10. The molecule has 5 heteroatoms. The van der Waals surface area contributed by atoms with Crippen LogP contribution in [0.15, 0.2) is 16.6 Å². The molecule has 0 radical (unpaired) electrons. The summed E-state index contributed by atoms with van der Waals surface area (Å²) in [6, 6.07) is 2.64. The van der Waals surface area contributed by atoms with Crippen LogP contribution in [0.4, 0.5) is 8.78 Å². The molecule has 2 unspecified atom stereocenters. The molecule has 1 fully saturated rings. The van der Waals surface area contributed by atoms with Crippen LogP contribution in [0.5, 0.6) is 0 Å². The lowest BCUT2D eigenvalue weighted by Crippen LogP contribution is -2.24. The van der Waals surface area contributed by atoms with E-state index in [9.17, 15) is 13.9 Å². The van der Waals surface area contributed by atoms with Crippen molar-refractivity contribution in [1.29, 1.82) is 0 Å². The van der Waals surface area contributed by atoms with Crippen LogP contribution in [0.2, 0.25) is 0 Å². The first-order valence-electron chi connectivity index (χ1n) is 6.02. The smallest absolute Gasteiger partial charge is 0.144 e. The Balaban J connectivity index is 2.09. The van der Waals surface area contributed by atoms with Gasteiger partial charge in [0, 0.05) is 18.7 Å². The maximum absolute atomic E-state index is 13.8. The quantitative estimate of drug-likeness (QED) is 0.866. The number of hydrogen-bond acceptors (Lipinski definition) is 2. The number of likely N-dealkylation sites (tertiary alicyclic amines) is 1. The topological polar surface area (TPSA) is 23.5 Å². The molecule has 0 spiro atoms. The average molecular weight is 320 g/mol. The third-order valence-electron chi connectivity index (χ3n) is 3.51. The van der Waals surface area contributed by atoms with Crippen LogP contribution in [0.25, 0.3) is 0 Å². The van der Waals surface area contributed by atoms with Gasteiger partial charge in [0.05, 0.1) is 10.6 Å². The lowest BCUT2D eigenvalue weighted by atomic mass is 10.0. The van der Waals surface area contributed by atoms with Gasteiger partial charge >= 0.3 is 0 Å². The molecule has 0 saturated carbocycles. The Morgan fingerprint density at radius 1 is 1.50 bits per heavy atom. The zero-order chi connectivity index (χ0) is 13.3. The Bertz CT molecular complexity index is 439. The summed E-state index contributed by atoms with van der Waals surface area (Å²) in [6.07, 6.45) is 0.502. The highest BCUT2D eigenvalue weighted by Crippen LogP contribution is 2.26.